The fourth-order valence-corrected chi connectivity index (χ4v) is 4.26. The van der Waals surface area contributed by atoms with Gasteiger partial charge in [-0.05, 0) is 17.5 Å². The van der Waals surface area contributed by atoms with Gasteiger partial charge in [-0.1, -0.05) is 18.2 Å². The molecule has 3 heterocycles. The van der Waals surface area contributed by atoms with Gasteiger partial charge < -0.3 is 4.74 Å². The molecule has 0 unspecified atom stereocenters. The summed E-state index contributed by atoms with van der Waals surface area (Å²) < 4.78 is 6.61. The number of esters is 1. The van der Waals surface area contributed by atoms with E-state index >= 15 is 0 Å². The number of aromatic nitrogens is 3. The Morgan fingerprint density at radius 3 is 2.78 bits per heavy atom. The molecule has 0 radical (unpaired) electrons. The van der Waals surface area contributed by atoms with E-state index < -0.39 is 5.97 Å². The van der Waals surface area contributed by atoms with Crippen LogP contribution in [-0.4, -0.2) is 20.7 Å². The molecule has 6 nitrogen and oxygen atoms in total. The predicted molar refractivity (Wildman–Crippen MR) is 106 cm³/mol. The molecule has 0 aliphatic heterocycles. The highest BCUT2D eigenvalue weighted by Gasteiger charge is 2.14. The van der Waals surface area contributed by atoms with E-state index in [9.17, 15) is 9.59 Å². The van der Waals surface area contributed by atoms with Gasteiger partial charge in [-0.3, -0.25) is 9.59 Å². The molecule has 0 spiro atoms. The number of fused-ring (bicyclic) bond motifs is 1. The zero-order valence-corrected chi connectivity index (χ0v) is 16.0. The Morgan fingerprint density at radius 2 is 2.00 bits per heavy atom. The molecular formula is C19H15N3O3S2. The fourth-order valence-electron chi connectivity index (χ4n) is 2.74. The summed E-state index contributed by atoms with van der Waals surface area (Å²) in [7, 11) is 1.57. The highest BCUT2D eigenvalue weighted by molar-refractivity contribution is 7.14. The highest BCUT2D eigenvalue weighted by atomic mass is 32.1. The van der Waals surface area contributed by atoms with Crippen LogP contribution in [0.1, 0.15) is 11.4 Å². The molecule has 0 bridgehead atoms. The summed E-state index contributed by atoms with van der Waals surface area (Å²) in [6.45, 7) is 0.114. The fraction of sp³-hybridized carbons (Fsp3) is 0.158. The third-order valence-corrected chi connectivity index (χ3v) is 5.67. The average molecular weight is 397 g/mol. The maximum absolute atomic E-state index is 12.3. The zero-order valence-electron chi connectivity index (χ0n) is 14.4. The van der Waals surface area contributed by atoms with Gasteiger partial charge in [0.25, 0.3) is 5.56 Å². The minimum Gasteiger partial charge on any atom is -0.459 e. The predicted octanol–water partition coefficient (Wildman–Crippen LogP) is 3.40. The summed E-state index contributed by atoms with van der Waals surface area (Å²) in [6, 6.07) is 9.14. The average Bonchev–Trinajstić information content (AvgIpc) is 3.36. The van der Waals surface area contributed by atoms with E-state index in [1.165, 1.54) is 16.0 Å². The van der Waals surface area contributed by atoms with Crippen LogP contribution in [0.3, 0.4) is 0 Å². The highest BCUT2D eigenvalue weighted by Crippen LogP contribution is 2.26. The quantitative estimate of drug-likeness (QED) is 0.483. The first-order valence-electron chi connectivity index (χ1n) is 8.19. The van der Waals surface area contributed by atoms with Gasteiger partial charge in [0.15, 0.2) is 0 Å². The standard InChI is InChI=1S/C19H15N3O3S2/c1-22-19(24)15-5-3-2-4-14(15)16(21-22)8-17(23)25-9-13-11-27-18(20-13)12-6-7-26-10-12/h2-7,10-11H,8-9H2,1H3. The second-order valence-electron chi connectivity index (χ2n) is 5.91. The summed E-state index contributed by atoms with van der Waals surface area (Å²) in [5, 5.41) is 12.3. The molecule has 0 aliphatic carbocycles. The summed E-state index contributed by atoms with van der Waals surface area (Å²) in [6.07, 6.45) is -0.00381. The van der Waals surface area contributed by atoms with Crippen LogP contribution in [0.15, 0.2) is 51.3 Å². The lowest BCUT2D eigenvalue weighted by Gasteiger charge is -2.08. The molecule has 27 heavy (non-hydrogen) atoms. The van der Waals surface area contributed by atoms with Crippen LogP contribution >= 0.6 is 22.7 Å². The second-order valence-corrected chi connectivity index (χ2v) is 7.55. The van der Waals surface area contributed by atoms with Crippen molar-refractivity contribution in [1.82, 2.24) is 14.8 Å². The number of rotatable bonds is 5. The van der Waals surface area contributed by atoms with Crippen molar-refractivity contribution in [3.63, 3.8) is 0 Å². The van der Waals surface area contributed by atoms with Crippen LogP contribution in [0.2, 0.25) is 0 Å². The van der Waals surface area contributed by atoms with Crippen LogP contribution in [0.25, 0.3) is 21.3 Å². The maximum atomic E-state index is 12.3. The van der Waals surface area contributed by atoms with E-state index in [2.05, 4.69) is 10.1 Å². The largest absolute Gasteiger partial charge is 0.459 e. The maximum Gasteiger partial charge on any atom is 0.312 e. The van der Waals surface area contributed by atoms with Crippen LogP contribution in [-0.2, 0) is 29.6 Å². The van der Waals surface area contributed by atoms with Gasteiger partial charge in [0.1, 0.15) is 11.6 Å². The van der Waals surface area contributed by atoms with Gasteiger partial charge in [-0.2, -0.15) is 16.4 Å². The van der Waals surface area contributed by atoms with Crippen molar-refractivity contribution in [1.29, 1.82) is 0 Å². The van der Waals surface area contributed by atoms with Gasteiger partial charge in [-0.15, -0.1) is 11.3 Å². The van der Waals surface area contributed by atoms with E-state index in [1.807, 2.05) is 28.3 Å². The van der Waals surface area contributed by atoms with Crippen LogP contribution in [0.5, 0.6) is 0 Å². The minimum absolute atomic E-state index is 0.00381. The topological polar surface area (TPSA) is 74.1 Å². The Labute approximate surface area is 162 Å². The molecule has 4 aromatic rings. The number of nitrogens with zero attached hydrogens (tertiary/aromatic N) is 3. The number of carbonyl (C=O) groups is 1. The van der Waals surface area contributed by atoms with Gasteiger partial charge >= 0.3 is 5.97 Å². The minimum atomic E-state index is -0.406. The van der Waals surface area contributed by atoms with Gasteiger partial charge in [-0.25, -0.2) is 9.67 Å². The molecule has 1 aromatic carbocycles. The van der Waals surface area contributed by atoms with Crippen LogP contribution < -0.4 is 5.56 Å². The first kappa shape index (κ1) is 17.6. The van der Waals surface area contributed by atoms with Crippen molar-refractivity contribution < 1.29 is 9.53 Å². The SMILES string of the molecule is Cn1nc(CC(=O)OCc2csc(-c3ccsc3)n2)c2ccccc2c1=O. The number of ether oxygens (including phenoxy) is 1. The molecule has 0 amide bonds. The summed E-state index contributed by atoms with van der Waals surface area (Å²) >= 11 is 3.14. The molecule has 0 aliphatic rings. The smallest absolute Gasteiger partial charge is 0.312 e. The van der Waals surface area contributed by atoms with E-state index in [-0.39, 0.29) is 18.6 Å². The lowest BCUT2D eigenvalue weighted by molar-refractivity contribution is -0.144. The van der Waals surface area contributed by atoms with Crippen LogP contribution in [0, 0.1) is 0 Å². The van der Waals surface area contributed by atoms with Crippen LogP contribution in [0.4, 0.5) is 0 Å². The van der Waals surface area contributed by atoms with Gasteiger partial charge in [0.2, 0.25) is 0 Å². The van der Waals surface area contributed by atoms with Crippen molar-refractivity contribution in [3.8, 4) is 10.6 Å². The van der Waals surface area contributed by atoms with Crippen molar-refractivity contribution >= 4 is 39.4 Å². The number of thiophene rings is 1. The van der Waals surface area contributed by atoms with E-state index in [4.69, 9.17) is 4.74 Å². The van der Waals surface area contributed by atoms with E-state index in [0.29, 0.717) is 22.2 Å². The summed E-state index contributed by atoms with van der Waals surface area (Å²) in [5.74, 6) is -0.406. The summed E-state index contributed by atoms with van der Waals surface area (Å²) in [4.78, 5) is 28.9. The summed E-state index contributed by atoms with van der Waals surface area (Å²) in [5.41, 5.74) is 2.12. The lowest BCUT2D eigenvalue weighted by atomic mass is 10.1. The monoisotopic (exact) mass is 397 g/mol. The molecule has 0 saturated carbocycles. The Bertz CT molecular complexity index is 1160. The Morgan fingerprint density at radius 1 is 1.19 bits per heavy atom. The first-order chi connectivity index (χ1) is 13.1. The van der Waals surface area contributed by atoms with Gasteiger partial charge in [0, 0.05) is 28.8 Å². The van der Waals surface area contributed by atoms with Crippen molar-refractivity contribution in [3.05, 3.63) is 68.2 Å². The number of benzene rings is 1. The number of thiazole rings is 1. The molecule has 0 atom stereocenters. The molecule has 0 saturated heterocycles. The zero-order chi connectivity index (χ0) is 18.8. The second kappa shape index (κ2) is 7.42. The molecule has 0 fully saturated rings. The molecular weight excluding hydrogens is 382 g/mol. The van der Waals surface area contributed by atoms with Crippen molar-refractivity contribution in [2.24, 2.45) is 7.05 Å². The number of carbonyl (C=O) groups excluding carboxylic acids is 1. The van der Waals surface area contributed by atoms with E-state index in [1.54, 1.807) is 36.6 Å². The third kappa shape index (κ3) is 3.67. The van der Waals surface area contributed by atoms with Gasteiger partial charge in [0.05, 0.1) is 23.2 Å². The number of aryl methyl sites for hydroxylation is 1. The Hall–Kier alpha value is -2.84. The Kier molecular flexibility index (Phi) is 4.83. The number of hydrogen-bond donors (Lipinski definition) is 0. The van der Waals surface area contributed by atoms with Crippen molar-refractivity contribution in [2.75, 3.05) is 0 Å². The van der Waals surface area contributed by atoms with Crippen molar-refractivity contribution in [2.45, 2.75) is 13.0 Å². The number of hydrogen-bond acceptors (Lipinski definition) is 7. The first-order valence-corrected chi connectivity index (χ1v) is 10.0. The molecule has 3 aromatic heterocycles. The normalized spacial score (nSPS) is 11.0. The lowest BCUT2D eigenvalue weighted by Crippen LogP contribution is -2.22. The molecule has 136 valence electrons. The molecule has 8 heteroatoms. The molecule has 4 rings (SSSR count). The Balaban J connectivity index is 1.47. The molecule has 0 N–H and O–H groups in total. The van der Waals surface area contributed by atoms with E-state index in [0.717, 1.165) is 10.6 Å². The third-order valence-electron chi connectivity index (χ3n) is 4.05.